The highest BCUT2D eigenvalue weighted by molar-refractivity contribution is 7.89. The minimum absolute atomic E-state index is 0.0619. The van der Waals surface area contributed by atoms with Crippen LogP contribution in [-0.2, 0) is 16.4 Å². The Morgan fingerprint density at radius 1 is 1.12 bits per heavy atom. The number of sulfonamides is 1. The van der Waals surface area contributed by atoms with Crippen LogP contribution in [0, 0.1) is 0 Å². The van der Waals surface area contributed by atoms with E-state index in [1.54, 1.807) is 11.4 Å². The van der Waals surface area contributed by atoms with Crippen LogP contribution in [0.25, 0.3) is 5.65 Å². The molecule has 0 fully saturated rings. The summed E-state index contributed by atoms with van der Waals surface area (Å²) in [7, 11) is -3.20. The zero-order valence-corrected chi connectivity index (χ0v) is 15.9. The molecule has 0 saturated carbocycles. The molecule has 0 spiro atoms. The third kappa shape index (κ3) is 5.62. The minimum atomic E-state index is -3.20. The number of fused-ring (bicyclic) bond motifs is 1. The Hall–Kier alpha value is -1.78. The molecule has 0 saturated heterocycles. The van der Waals surface area contributed by atoms with Crippen LogP contribution in [0.2, 0.25) is 0 Å². The maximum absolute atomic E-state index is 11.5. The number of rotatable bonds is 11. The van der Waals surface area contributed by atoms with E-state index in [9.17, 15) is 8.42 Å². The maximum Gasteiger partial charge on any atom is 0.211 e. The predicted octanol–water partition coefficient (Wildman–Crippen LogP) is 0.360. The van der Waals surface area contributed by atoms with Gasteiger partial charge < -0.3 is 10.2 Å². The smallest absolute Gasteiger partial charge is 0.211 e. The second-order valence-corrected chi connectivity index (χ2v) is 7.70. The van der Waals surface area contributed by atoms with Crippen molar-refractivity contribution in [3.63, 3.8) is 0 Å². The van der Waals surface area contributed by atoms with Gasteiger partial charge in [-0.2, -0.15) is 4.52 Å². The molecule has 10 heteroatoms. The van der Waals surface area contributed by atoms with Crippen LogP contribution < -0.4 is 10.0 Å². The van der Waals surface area contributed by atoms with Gasteiger partial charge in [0.15, 0.2) is 11.5 Å². The van der Waals surface area contributed by atoms with E-state index in [-0.39, 0.29) is 12.3 Å². The van der Waals surface area contributed by atoms with Gasteiger partial charge in [-0.1, -0.05) is 13.8 Å². The molecule has 0 radical (unpaired) electrons. The molecule has 0 aliphatic carbocycles. The van der Waals surface area contributed by atoms with E-state index in [4.69, 9.17) is 0 Å². The Bertz CT molecular complexity index is 771. The summed E-state index contributed by atoms with van der Waals surface area (Å²) in [6.07, 6.45) is 0.427. The number of anilines is 1. The first kappa shape index (κ1) is 19.5. The summed E-state index contributed by atoms with van der Waals surface area (Å²) in [6.45, 7) is 9.95. The van der Waals surface area contributed by atoms with E-state index < -0.39 is 10.0 Å². The Kier molecular flexibility index (Phi) is 7.09. The van der Waals surface area contributed by atoms with E-state index in [0.717, 1.165) is 32.0 Å². The first-order valence-electron chi connectivity index (χ1n) is 8.64. The molecule has 2 rings (SSSR count). The van der Waals surface area contributed by atoms with Crippen LogP contribution in [0.4, 0.5) is 5.82 Å². The highest BCUT2D eigenvalue weighted by Crippen LogP contribution is 2.07. The molecule has 0 bridgehead atoms. The van der Waals surface area contributed by atoms with Crippen molar-refractivity contribution in [1.82, 2.24) is 29.4 Å². The Morgan fingerprint density at radius 2 is 1.88 bits per heavy atom. The fourth-order valence-electron chi connectivity index (χ4n) is 2.39. The number of aromatic nitrogens is 4. The molecule has 2 aromatic heterocycles. The van der Waals surface area contributed by atoms with Crippen molar-refractivity contribution in [3.05, 3.63) is 18.0 Å². The summed E-state index contributed by atoms with van der Waals surface area (Å²) in [5.74, 6) is 1.43. The summed E-state index contributed by atoms with van der Waals surface area (Å²) >= 11 is 0. The molecular weight excluding hydrogens is 342 g/mol. The number of nitrogens with zero attached hydrogens (tertiary/aromatic N) is 5. The van der Waals surface area contributed by atoms with E-state index in [0.29, 0.717) is 17.9 Å². The number of hydrogen-bond acceptors (Lipinski definition) is 7. The standard InChI is InChI=1S/C15H27N7O2S/c1-4-21(5-2)12-11-16-13-7-8-14-18-19-15(22(14)20-13)9-10-17-25(23,24)6-3/h7-8,17H,4-6,9-12H2,1-3H3,(H,16,20). The molecule has 0 atom stereocenters. The number of nitrogens with one attached hydrogen (secondary N) is 2. The fraction of sp³-hybridized carbons (Fsp3) is 0.667. The van der Waals surface area contributed by atoms with Crippen LogP contribution >= 0.6 is 0 Å². The van der Waals surface area contributed by atoms with Crippen LogP contribution in [0.15, 0.2) is 12.1 Å². The first-order chi connectivity index (χ1) is 12.0. The normalized spacial score (nSPS) is 12.2. The molecule has 2 N–H and O–H groups in total. The lowest BCUT2D eigenvalue weighted by atomic mass is 10.4. The van der Waals surface area contributed by atoms with Crippen molar-refractivity contribution in [1.29, 1.82) is 0 Å². The van der Waals surface area contributed by atoms with E-state index >= 15 is 0 Å². The largest absolute Gasteiger partial charge is 0.367 e. The second-order valence-electron chi connectivity index (χ2n) is 5.61. The van der Waals surface area contributed by atoms with E-state index in [1.165, 1.54) is 0 Å². The Morgan fingerprint density at radius 3 is 2.56 bits per heavy atom. The molecule has 0 amide bonds. The summed E-state index contributed by atoms with van der Waals surface area (Å²) in [4.78, 5) is 2.33. The van der Waals surface area contributed by atoms with Gasteiger partial charge in [0.2, 0.25) is 10.0 Å². The molecule has 0 aromatic carbocycles. The van der Waals surface area contributed by atoms with Gasteiger partial charge in [0.25, 0.3) is 0 Å². The van der Waals surface area contributed by atoms with Crippen molar-refractivity contribution >= 4 is 21.5 Å². The van der Waals surface area contributed by atoms with Gasteiger partial charge in [-0.15, -0.1) is 15.3 Å². The summed E-state index contributed by atoms with van der Waals surface area (Å²) in [5, 5.41) is 16.0. The van der Waals surface area contributed by atoms with Gasteiger partial charge in [0.05, 0.1) is 5.75 Å². The summed E-state index contributed by atoms with van der Waals surface area (Å²) < 4.78 is 27.2. The van der Waals surface area contributed by atoms with Gasteiger partial charge in [-0.3, -0.25) is 0 Å². The highest BCUT2D eigenvalue weighted by Gasteiger charge is 2.10. The maximum atomic E-state index is 11.5. The van der Waals surface area contributed by atoms with Gasteiger partial charge in [0.1, 0.15) is 5.82 Å². The average Bonchev–Trinajstić information content (AvgIpc) is 3.01. The molecular formula is C15H27N7O2S. The Balaban J connectivity index is 1.98. The monoisotopic (exact) mass is 369 g/mol. The van der Waals surface area contributed by atoms with Crippen LogP contribution in [0.3, 0.4) is 0 Å². The minimum Gasteiger partial charge on any atom is -0.367 e. The van der Waals surface area contributed by atoms with Gasteiger partial charge >= 0.3 is 0 Å². The van der Waals surface area contributed by atoms with Crippen molar-refractivity contribution < 1.29 is 8.42 Å². The van der Waals surface area contributed by atoms with Crippen LogP contribution in [0.5, 0.6) is 0 Å². The predicted molar refractivity (Wildman–Crippen MR) is 98.2 cm³/mol. The van der Waals surface area contributed by atoms with Crippen LogP contribution in [-0.4, -0.2) is 71.6 Å². The molecule has 0 aliphatic rings. The zero-order valence-electron chi connectivity index (χ0n) is 15.1. The second kappa shape index (κ2) is 9.07. The lowest BCUT2D eigenvalue weighted by Gasteiger charge is -2.18. The molecule has 0 unspecified atom stereocenters. The Labute approximate surface area is 148 Å². The lowest BCUT2D eigenvalue weighted by Crippen LogP contribution is -2.29. The molecule has 2 aromatic rings. The van der Waals surface area contributed by atoms with Crippen LogP contribution in [0.1, 0.15) is 26.6 Å². The van der Waals surface area contributed by atoms with Gasteiger partial charge in [-0.25, -0.2) is 13.1 Å². The SMILES string of the molecule is CCN(CC)CCNc1ccc2nnc(CCNS(=O)(=O)CC)n2n1. The number of likely N-dealkylation sites (N-methyl/N-ethyl adjacent to an activating group) is 1. The average molecular weight is 369 g/mol. The number of hydrogen-bond donors (Lipinski definition) is 2. The molecule has 0 aliphatic heterocycles. The van der Waals surface area contributed by atoms with Crippen molar-refractivity contribution in [3.8, 4) is 0 Å². The third-order valence-electron chi connectivity index (χ3n) is 4.01. The molecule has 140 valence electrons. The lowest BCUT2D eigenvalue weighted by molar-refractivity contribution is 0.316. The highest BCUT2D eigenvalue weighted by atomic mass is 32.2. The van der Waals surface area contributed by atoms with E-state index in [1.807, 2.05) is 12.1 Å². The molecule has 9 nitrogen and oxygen atoms in total. The third-order valence-corrected chi connectivity index (χ3v) is 5.41. The molecule has 25 heavy (non-hydrogen) atoms. The topological polar surface area (TPSA) is 105 Å². The first-order valence-corrected chi connectivity index (χ1v) is 10.3. The molecule has 2 heterocycles. The van der Waals surface area contributed by atoms with E-state index in [2.05, 4.69) is 44.1 Å². The van der Waals surface area contributed by atoms with Crippen molar-refractivity contribution in [2.75, 3.05) is 43.8 Å². The zero-order chi connectivity index (χ0) is 18.3. The van der Waals surface area contributed by atoms with Gasteiger partial charge in [-0.05, 0) is 32.1 Å². The van der Waals surface area contributed by atoms with Gasteiger partial charge in [0, 0.05) is 26.1 Å². The fourth-order valence-corrected chi connectivity index (χ4v) is 3.00. The van der Waals surface area contributed by atoms with Crippen molar-refractivity contribution in [2.24, 2.45) is 0 Å². The summed E-state index contributed by atoms with van der Waals surface area (Å²) in [6, 6.07) is 3.72. The summed E-state index contributed by atoms with van der Waals surface area (Å²) in [5.41, 5.74) is 0.641. The quantitative estimate of drug-likeness (QED) is 0.589. The van der Waals surface area contributed by atoms with Crippen molar-refractivity contribution in [2.45, 2.75) is 27.2 Å².